The quantitative estimate of drug-likeness (QED) is 0.863. The Morgan fingerprint density at radius 2 is 1.72 bits per heavy atom. The maximum Gasteiger partial charge on any atom is 0.0720 e. The van der Waals surface area contributed by atoms with Crippen molar-refractivity contribution in [1.82, 2.24) is 10.2 Å². The van der Waals surface area contributed by atoms with Crippen molar-refractivity contribution < 1.29 is 4.74 Å². The molecule has 1 N–H and O–H groups in total. The van der Waals surface area contributed by atoms with Crippen LogP contribution in [0.1, 0.15) is 24.0 Å². The van der Waals surface area contributed by atoms with Gasteiger partial charge in [-0.1, -0.05) is 24.3 Å². The van der Waals surface area contributed by atoms with Crippen molar-refractivity contribution in [3.05, 3.63) is 35.4 Å². The van der Waals surface area contributed by atoms with Crippen LogP contribution in [0.5, 0.6) is 0 Å². The lowest BCUT2D eigenvalue weighted by atomic mass is 10.1. The first-order valence-corrected chi connectivity index (χ1v) is 6.79. The Morgan fingerprint density at radius 3 is 2.33 bits per heavy atom. The normalized spacial score (nSPS) is 17.3. The summed E-state index contributed by atoms with van der Waals surface area (Å²) >= 11 is 0. The van der Waals surface area contributed by atoms with Crippen LogP contribution in [0.25, 0.3) is 0 Å². The van der Waals surface area contributed by atoms with Gasteiger partial charge in [0.2, 0.25) is 0 Å². The Bertz CT molecular complexity index is 342. The topological polar surface area (TPSA) is 24.5 Å². The van der Waals surface area contributed by atoms with Crippen LogP contribution in [0, 0.1) is 0 Å². The van der Waals surface area contributed by atoms with Crippen molar-refractivity contribution in [2.75, 3.05) is 27.2 Å². The van der Waals surface area contributed by atoms with Gasteiger partial charge < -0.3 is 15.0 Å². The summed E-state index contributed by atoms with van der Waals surface area (Å²) in [7, 11) is 4.18. The summed E-state index contributed by atoms with van der Waals surface area (Å²) in [4.78, 5) is 2.18. The number of hydrogen-bond acceptors (Lipinski definition) is 3. The molecule has 1 saturated heterocycles. The minimum atomic E-state index is 0.438. The molecule has 1 aliphatic heterocycles. The standard InChI is InChI=1S/C15H24N2O/c1-17(2)11-13-3-5-14(6-4-13)12-18-15-7-9-16-10-8-15/h3-6,15-16H,7-12H2,1-2H3. The monoisotopic (exact) mass is 248 g/mol. The molecular weight excluding hydrogens is 224 g/mol. The van der Waals surface area contributed by atoms with Gasteiger partial charge in [-0.25, -0.2) is 0 Å². The maximum absolute atomic E-state index is 5.94. The van der Waals surface area contributed by atoms with Crippen LogP contribution in [0.2, 0.25) is 0 Å². The highest BCUT2D eigenvalue weighted by atomic mass is 16.5. The molecule has 3 nitrogen and oxygen atoms in total. The third-order valence-electron chi connectivity index (χ3n) is 3.29. The van der Waals surface area contributed by atoms with Gasteiger partial charge in [0.05, 0.1) is 12.7 Å². The summed E-state index contributed by atoms with van der Waals surface area (Å²) in [5.41, 5.74) is 2.63. The average molecular weight is 248 g/mol. The Morgan fingerprint density at radius 1 is 1.11 bits per heavy atom. The lowest BCUT2D eigenvalue weighted by molar-refractivity contribution is 0.0212. The van der Waals surface area contributed by atoms with E-state index in [2.05, 4.69) is 48.6 Å². The van der Waals surface area contributed by atoms with Crippen LogP contribution < -0.4 is 5.32 Å². The van der Waals surface area contributed by atoms with Crippen molar-refractivity contribution in [1.29, 1.82) is 0 Å². The van der Waals surface area contributed by atoms with E-state index in [1.165, 1.54) is 11.1 Å². The molecule has 0 spiro atoms. The minimum absolute atomic E-state index is 0.438. The van der Waals surface area contributed by atoms with Crippen molar-refractivity contribution in [2.45, 2.75) is 32.1 Å². The van der Waals surface area contributed by atoms with Gasteiger partial charge in [-0.2, -0.15) is 0 Å². The highest BCUT2D eigenvalue weighted by Gasteiger charge is 2.12. The number of nitrogens with zero attached hydrogens (tertiary/aromatic N) is 1. The number of ether oxygens (including phenoxy) is 1. The minimum Gasteiger partial charge on any atom is -0.373 e. The maximum atomic E-state index is 5.94. The van der Waals surface area contributed by atoms with E-state index in [4.69, 9.17) is 4.74 Å². The van der Waals surface area contributed by atoms with E-state index in [-0.39, 0.29) is 0 Å². The van der Waals surface area contributed by atoms with Gasteiger partial charge in [0.1, 0.15) is 0 Å². The molecule has 0 aromatic heterocycles. The summed E-state index contributed by atoms with van der Waals surface area (Å²) in [6.07, 6.45) is 2.71. The highest BCUT2D eigenvalue weighted by Crippen LogP contribution is 2.12. The molecule has 3 heteroatoms. The van der Waals surface area contributed by atoms with Crippen LogP contribution in [0.3, 0.4) is 0 Å². The second kappa shape index (κ2) is 6.88. The van der Waals surface area contributed by atoms with E-state index in [0.29, 0.717) is 6.10 Å². The van der Waals surface area contributed by atoms with E-state index in [0.717, 1.165) is 39.1 Å². The fraction of sp³-hybridized carbons (Fsp3) is 0.600. The zero-order valence-electron chi connectivity index (χ0n) is 11.5. The van der Waals surface area contributed by atoms with Crippen LogP contribution >= 0.6 is 0 Å². The summed E-state index contributed by atoms with van der Waals surface area (Å²) in [5.74, 6) is 0. The van der Waals surface area contributed by atoms with E-state index >= 15 is 0 Å². The molecule has 2 rings (SSSR count). The molecular formula is C15H24N2O. The van der Waals surface area contributed by atoms with Gasteiger partial charge in [0.15, 0.2) is 0 Å². The Labute approximate surface area is 110 Å². The third-order valence-corrected chi connectivity index (χ3v) is 3.29. The van der Waals surface area contributed by atoms with Gasteiger partial charge in [-0.05, 0) is 51.2 Å². The van der Waals surface area contributed by atoms with Crippen LogP contribution in [-0.4, -0.2) is 38.2 Å². The first-order chi connectivity index (χ1) is 8.74. The molecule has 1 fully saturated rings. The molecule has 1 aromatic carbocycles. The van der Waals surface area contributed by atoms with Crippen molar-refractivity contribution in [3.8, 4) is 0 Å². The molecule has 0 aliphatic carbocycles. The second-order valence-electron chi connectivity index (χ2n) is 5.31. The Balaban J connectivity index is 1.78. The Hall–Kier alpha value is -0.900. The summed E-state index contributed by atoms with van der Waals surface area (Å²) in [5, 5.41) is 3.35. The van der Waals surface area contributed by atoms with E-state index in [1.807, 2.05) is 0 Å². The molecule has 0 atom stereocenters. The first-order valence-electron chi connectivity index (χ1n) is 6.79. The fourth-order valence-electron chi connectivity index (χ4n) is 2.28. The zero-order chi connectivity index (χ0) is 12.8. The largest absolute Gasteiger partial charge is 0.373 e. The van der Waals surface area contributed by atoms with E-state index in [9.17, 15) is 0 Å². The smallest absolute Gasteiger partial charge is 0.0720 e. The third kappa shape index (κ3) is 4.41. The molecule has 0 bridgehead atoms. The lowest BCUT2D eigenvalue weighted by Gasteiger charge is -2.23. The predicted octanol–water partition coefficient (Wildman–Crippen LogP) is 2.02. The van der Waals surface area contributed by atoms with Crippen molar-refractivity contribution in [2.24, 2.45) is 0 Å². The molecule has 100 valence electrons. The molecule has 0 saturated carbocycles. The number of benzene rings is 1. The SMILES string of the molecule is CN(C)Cc1ccc(COC2CCNCC2)cc1. The average Bonchev–Trinajstić information content (AvgIpc) is 2.38. The predicted molar refractivity (Wildman–Crippen MR) is 74.5 cm³/mol. The van der Waals surface area contributed by atoms with Gasteiger partial charge in [-0.3, -0.25) is 0 Å². The fourth-order valence-corrected chi connectivity index (χ4v) is 2.28. The molecule has 0 unspecified atom stereocenters. The summed E-state index contributed by atoms with van der Waals surface area (Å²) in [6, 6.07) is 8.75. The molecule has 0 amide bonds. The molecule has 1 aliphatic rings. The number of rotatable bonds is 5. The molecule has 18 heavy (non-hydrogen) atoms. The molecule has 1 aromatic rings. The van der Waals surface area contributed by atoms with Gasteiger partial charge in [0, 0.05) is 6.54 Å². The molecule has 1 heterocycles. The lowest BCUT2D eigenvalue weighted by Crippen LogP contribution is -2.32. The van der Waals surface area contributed by atoms with Crippen LogP contribution in [-0.2, 0) is 17.9 Å². The van der Waals surface area contributed by atoms with Gasteiger partial charge in [-0.15, -0.1) is 0 Å². The highest BCUT2D eigenvalue weighted by molar-refractivity contribution is 5.21. The summed E-state index contributed by atoms with van der Waals surface area (Å²) in [6.45, 7) is 3.92. The second-order valence-corrected chi connectivity index (χ2v) is 5.31. The zero-order valence-corrected chi connectivity index (χ0v) is 11.5. The number of nitrogens with one attached hydrogen (secondary N) is 1. The molecule has 0 radical (unpaired) electrons. The van der Waals surface area contributed by atoms with Crippen LogP contribution in [0.4, 0.5) is 0 Å². The van der Waals surface area contributed by atoms with Gasteiger partial charge >= 0.3 is 0 Å². The number of hydrogen-bond donors (Lipinski definition) is 1. The van der Waals surface area contributed by atoms with Crippen molar-refractivity contribution >= 4 is 0 Å². The van der Waals surface area contributed by atoms with Crippen LogP contribution in [0.15, 0.2) is 24.3 Å². The van der Waals surface area contributed by atoms with E-state index in [1.54, 1.807) is 0 Å². The Kier molecular flexibility index (Phi) is 5.17. The number of piperidine rings is 1. The summed E-state index contributed by atoms with van der Waals surface area (Å²) < 4.78 is 5.94. The first kappa shape index (κ1) is 13.5. The van der Waals surface area contributed by atoms with Gasteiger partial charge in [0.25, 0.3) is 0 Å². The van der Waals surface area contributed by atoms with E-state index < -0.39 is 0 Å². The van der Waals surface area contributed by atoms with Crippen molar-refractivity contribution in [3.63, 3.8) is 0 Å².